The van der Waals surface area contributed by atoms with E-state index in [1.807, 2.05) is 0 Å². The molecule has 0 aliphatic carbocycles. The Kier molecular flexibility index (Phi) is 0.997. The van der Waals surface area contributed by atoms with E-state index in [1.54, 1.807) is 5.32 Å². The molecule has 1 aliphatic rings. The zero-order valence-corrected chi connectivity index (χ0v) is 3.80. The average molecular weight is 115 g/mol. The highest BCUT2D eigenvalue weighted by Gasteiger charge is 2.27. The first-order valence-corrected chi connectivity index (χ1v) is 1.94. The summed E-state index contributed by atoms with van der Waals surface area (Å²) < 4.78 is 0. The molecular formula is C3H3N2O3. The minimum atomic E-state index is -0.838. The average Bonchev–Trinajstić information content (AvgIpc) is 1.85. The highest BCUT2D eigenvalue weighted by atomic mass is 16.5. The molecule has 0 aromatic heterocycles. The van der Waals surface area contributed by atoms with Gasteiger partial charge in [-0.05, 0) is 0 Å². The standard InChI is InChI=1S/C3H3N2O3/c6-2-1-5(8)3(7)4-2/h1,5H,(H,4,6,7). The van der Waals surface area contributed by atoms with Crippen LogP contribution in [-0.2, 0) is 4.79 Å². The van der Waals surface area contributed by atoms with Crippen LogP contribution in [0.5, 0.6) is 0 Å². The maximum absolute atomic E-state index is 10.1. The van der Waals surface area contributed by atoms with Gasteiger partial charge in [-0.2, -0.15) is 0 Å². The predicted octanol–water partition coefficient (Wildman–Crippen LogP) is -2.22. The summed E-state index contributed by atoms with van der Waals surface area (Å²) >= 11 is 0. The summed E-state index contributed by atoms with van der Waals surface area (Å²) in [6.45, 7) is 0.725. The van der Waals surface area contributed by atoms with Crippen LogP contribution in [0.4, 0.5) is 4.79 Å². The summed E-state index contributed by atoms with van der Waals surface area (Å²) in [6, 6.07) is -0.838. The Bertz CT molecular complexity index is 143. The van der Waals surface area contributed by atoms with E-state index in [9.17, 15) is 14.8 Å². The van der Waals surface area contributed by atoms with Gasteiger partial charge in [-0.25, -0.2) is 10.1 Å². The van der Waals surface area contributed by atoms with Gasteiger partial charge in [-0.3, -0.25) is 9.86 Å². The van der Waals surface area contributed by atoms with E-state index in [0.29, 0.717) is 0 Å². The number of hydrogen-bond donors (Lipinski definition) is 2. The third-order valence-electron chi connectivity index (χ3n) is 0.723. The predicted molar refractivity (Wildman–Crippen MR) is 22.2 cm³/mol. The van der Waals surface area contributed by atoms with Crippen LogP contribution in [0.1, 0.15) is 0 Å². The van der Waals surface area contributed by atoms with Crippen LogP contribution < -0.4 is 10.4 Å². The molecular weight excluding hydrogens is 112 g/mol. The van der Waals surface area contributed by atoms with Gasteiger partial charge in [-0.15, -0.1) is 0 Å². The van der Waals surface area contributed by atoms with Crippen LogP contribution in [0.3, 0.4) is 0 Å². The number of carbonyl (C=O) groups excluding carboxylic acids is 2. The second-order valence-electron chi connectivity index (χ2n) is 1.33. The van der Waals surface area contributed by atoms with Crippen molar-refractivity contribution >= 4 is 11.9 Å². The number of imide groups is 1. The zero-order valence-electron chi connectivity index (χ0n) is 3.80. The van der Waals surface area contributed by atoms with E-state index in [0.717, 1.165) is 6.54 Å². The van der Waals surface area contributed by atoms with Crippen LogP contribution in [0, 0.1) is 11.8 Å². The number of rotatable bonds is 0. The van der Waals surface area contributed by atoms with Crippen molar-refractivity contribution in [3.05, 3.63) is 11.8 Å². The van der Waals surface area contributed by atoms with Crippen LogP contribution >= 0.6 is 0 Å². The largest absolute Gasteiger partial charge is 0.625 e. The van der Waals surface area contributed by atoms with Crippen molar-refractivity contribution in [2.24, 2.45) is 0 Å². The molecule has 1 atom stereocenters. The first kappa shape index (κ1) is 5.20. The molecule has 2 N–H and O–H groups in total. The van der Waals surface area contributed by atoms with E-state index in [-0.39, 0.29) is 0 Å². The normalized spacial score (nSPS) is 28.4. The molecule has 3 amide bonds. The van der Waals surface area contributed by atoms with Crippen molar-refractivity contribution in [1.82, 2.24) is 5.32 Å². The molecule has 0 aromatic carbocycles. The van der Waals surface area contributed by atoms with Gasteiger partial charge in [0, 0.05) is 0 Å². The monoisotopic (exact) mass is 115 g/mol. The lowest BCUT2D eigenvalue weighted by Gasteiger charge is -2.04. The molecule has 1 radical (unpaired) electrons. The van der Waals surface area contributed by atoms with Crippen molar-refractivity contribution in [3.63, 3.8) is 0 Å². The number of hydrogen-bond acceptors (Lipinski definition) is 3. The van der Waals surface area contributed by atoms with Gasteiger partial charge in [0.05, 0.1) is 0 Å². The topological polar surface area (TPSA) is 73.7 Å². The van der Waals surface area contributed by atoms with Crippen molar-refractivity contribution < 1.29 is 14.7 Å². The molecule has 1 aliphatic heterocycles. The molecule has 43 valence electrons. The van der Waals surface area contributed by atoms with E-state index in [4.69, 9.17) is 0 Å². The highest BCUT2D eigenvalue weighted by molar-refractivity contribution is 5.99. The molecule has 5 nitrogen and oxygen atoms in total. The molecule has 1 fully saturated rings. The Morgan fingerprint density at radius 1 is 1.62 bits per heavy atom. The van der Waals surface area contributed by atoms with E-state index < -0.39 is 17.0 Å². The number of carbonyl (C=O) groups is 2. The van der Waals surface area contributed by atoms with E-state index in [1.165, 1.54) is 0 Å². The van der Waals surface area contributed by atoms with Gasteiger partial charge >= 0.3 is 6.03 Å². The Labute approximate surface area is 44.8 Å². The van der Waals surface area contributed by atoms with Crippen LogP contribution in [0.2, 0.25) is 0 Å². The molecule has 0 bridgehead atoms. The molecule has 1 unspecified atom stereocenters. The van der Waals surface area contributed by atoms with Crippen molar-refractivity contribution in [2.75, 3.05) is 0 Å². The second kappa shape index (κ2) is 1.53. The summed E-state index contributed by atoms with van der Waals surface area (Å²) in [5, 5.41) is 11.1. The van der Waals surface area contributed by atoms with Crippen molar-refractivity contribution in [2.45, 2.75) is 0 Å². The number of nitrogens with one attached hydrogen (secondary N) is 2. The lowest BCUT2D eigenvalue weighted by Crippen LogP contribution is -3.05. The summed E-state index contributed by atoms with van der Waals surface area (Å²) in [5.74, 6) is -0.625. The molecule has 1 rings (SSSR count). The third kappa shape index (κ3) is 0.682. The second-order valence-corrected chi connectivity index (χ2v) is 1.33. The van der Waals surface area contributed by atoms with Crippen LogP contribution in [0.15, 0.2) is 0 Å². The Morgan fingerprint density at radius 2 is 2.25 bits per heavy atom. The van der Waals surface area contributed by atoms with Gasteiger partial charge in [0.15, 0.2) is 0 Å². The molecule has 1 saturated heterocycles. The molecule has 8 heavy (non-hydrogen) atoms. The Hall–Kier alpha value is -0.940. The molecule has 0 saturated carbocycles. The highest BCUT2D eigenvalue weighted by Crippen LogP contribution is 1.72. The molecule has 5 heteroatoms. The fraction of sp³-hybridized carbons (Fsp3) is 0. The Morgan fingerprint density at radius 3 is 2.38 bits per heavy atom. The molecule has 0 aromatic rings. The molecule has 0 spiro atoms. The first-order valence-electron chi connectivity index (χ1n) is 1.94. The first-order chi connectivity index (χ1) is 3.70. The van der Waals surface area contributed by atoms with Gasteiger partial charge in [-0.1, -0.05) is 0 Å². The maximum atomic E-state index is 10.1. The Balaban J connectivity index is 2.64. The van der Waals surface area contributed by atoms with Crippen LogP contribution in [-0.4, -0.2) is 11.9 Å². The maximum Gasteiger partial charge on any atom is 0.422 e. The minimum Gasteiger partial charge on any atom is -0.625 e. The zero-order chi connectivity index (χ0) is 6.15. The number of quaternary nitrogens is 1. The van der Waals surface area contributed by atoms with Gasteiger partial charge in [0.1, 0.15) is 0 Å². The van der Waals surface area contributed by atoms with E-state index >= 15 is 0 Å². The smallest absolute Gasteiger partial charge is 0.422 e. The lowest BCUT2D eigenvalue weighted by atomic mass is 10.7. The third-order valence-corrected chi connectivity index (χ3v) is 0.723. The summed E-state index contributed by atoms with van der Waals surface area (Å²) in [5.41, 5.74) is 0. The van der Waals surface area contributed by atoms with Crippen LogP contribution in [0.25, 0.3) is 0 Å². The summed E-state index contributed by atoms with van der Waals surface area (Å²) in [7, 11) is 0. The fourth-order valence-electron chi connectivity index (χ4n) is 0.394. The fourth-order valence-corrected chi connectivity index (χ4v) is 0.394. The lowest BCUT2D eigenvalue weighted by molar-refractivity contribution is -0.709. The molecule has 1 heterocycles. The van der Waals surface area contributed by atoms with Crippen molar-refractivity contribution in [1.29, 1.82) is 0 Å². The summed E-state index contributed by atoms with van der Waals surface area (Å²) in [6.07, 6.45) is 0. The number of urea groups is 1. The van der Waals surface area contributed by atoms with Gasteiger partial charge < -0.3 is 5.21 Å². The quantitative estimate of drug-likeness (QED) is 0.277. The van der Waals surface area contributed by atoms with Gasteiger partial charge in [0.2, 0.25) is 6.54 Å². The van der Waals surface area contributed by atoms with Gasteiger partial charge in [0.25, 0.3) is 5.91 Å². The minimum absolute atomic E-state index is 0.625. The van der Waals surface area contributed by atoms with Crippen molar-refractivity contribution in [3.8, 4) is 0 Å². The number of amides is 3. The number of hydroxylamine groups is 2. The summed E-state index contributed by atoms with van der Waals surface area (Å²) in [4.78, 5) is 20.1. The van der Waals surface area contributed by atoms with E-state index in [2.05, 4.69) is 0 Å². The SMILES string of the molecule is O=C1[CH][NH+]([O-])C(=O)N1.